The molecule has 2 aliphatic carbocycles. The molecule has 4 aliphatic heterocycles. The van der Waals surface area contributed by atoms with Crippen LogP contribution in [0.2, 0.25) is 0 Å². The van der Waals surface area contributed by atoms with Gasteiger partial charge in [0, 0.05) is 75.3 Å². The molecular formula is C56H71N9O8S. The minimum Gasteiger partial charge on any atom is -0.390 e. The van der Waals surface area contributed by atoms with Gasteiger partial charge in [-0.05, 0) is 142 Å². The van der Waals surface area contributed by atoms with E-state index in [4.69, 9.17) is 14.5 Å². The zero-order valence-electron chi connectivity index (χ0n) is 42.9. The fraction of sp³-hybridized carbons (Fsp3) is 0.536. The number of anilines is 5. The Bertz CT molecular complexity index is 2990. The summed E-state index contributed by atoms with van der Waals surface area (Å²) in [6.45, 7) is 13.3. The van der Waals surface area contributed by atoms with E-state index in [1.165, 1.54) is 23.3 Å². The number of pyridine rings is 1. The molecule has 6 heterocycles. The summed E-state index contributed by atoms with van der Waals surface area (Å²) in [5, 5.41) is 26.9. The predicted octanol–water partition coefficient (Wildman–Crippen LogP) is 9.03. The fourth-order valence-electron chi connectivity index (χ4n) is 13.0. The second-order valence-electron chi connectivity index (χ2n) is 22.5. The highest BCUT2D eigenvalue weighted by molar-refractivity contribution is 7.90. The summed E-state index contributed by atoms with van der Waals surface area (Å²) in [6, 6.07) is 23.1. The lowest BCUT2D eigenvalue weighted by molar-refractivity contribution is -0.384. The van der Waals surface area contributed by atoms with Gasteiger partial charge in [0.15, 0.2) is 5.82 Å². The van der Waals surface area contributed by atoms with Crippen LogP contribution in [0.25, 0.3) is 11.0 Å². The second kappa shape index (κ2) is 20.4. The maximum Gasteiger partial charge on any atom is 0.293 e. The Morgan fingerprint density at radius 2 is 1.69 bits per heavy atom. The number of carbonyl (C=O) groups excluding carboxylic acids is 1. The van der Waals surface area contributed by atoms with Crippen molar-refractivity contribution >= 4 is 61.2 Å². The Morgan fingerprint density at radius 1 is 0.905 bits per heavy atom. The molecule has 2 atom stereocenters. The van der Waals surface area contributed by atoms with Crippen LogP contribution < -0.4 is 24.7 Å². The second-order valence-corrected chi connectivity index (χ2v) is 24.2. The molecule has 2 aromatic heterocycles. The lowest BCUT2D eigenvalue weighted by Gasteiger charge is -2.57. The maximum absolute atomic E-state index is 14.8. The van der Waals surface area contributed by atoms with E-state index >= 15 is 0 Å². The van der Waals surface area contributed by atoms with E-state index in [0.717, 1.165) is 112 Å². The molecule has 2 saturated carbocycles. The molecule has 0 bridgehead atoms. The van der Waals surface area contributed by atoms with Gasteiger partial charge in [-0.2, -0.15) is 0 Å². The van der Waals surface area contributed by atoms with Gasteiger partial charge >= 0.3 is 0 Å². The van der Waals surface area contributed by atoms with Crippen molar-refractivity contribution in [2.45, 2.75) is 120 Å². The number of aromatic amines is 1. The number of nitro benzene ring substituents is 1. The van der Waals surface area contributed by atoms with E-state index in [2.05, 4.69) is 78.8 Å². The van der Waals surface area contributed by atoms with Crippen molar-refractivity contribution in [3.63, 3.8) is 0 Å². The number of rotatable bonds is 12. The number of H-pyrrole nitrogens is 1. The van der Waals surface area contributed by atoms with Gasteiger partial charge in [-0.15, -0.1) is 0 Å². The Morgan fingerprint density at radius 3 is 2.47 bits per heavy atom. The number of aromatic nitrogens is 2. The third-order valence-corrected chi connectivity index (χ3v) is 18.6. The average Bonchev–Trinajstić information content (AvgIpc) is 3.65. The smallest absolute Gasteiger partial charge is 0.293 e. The van der Waals surface area contributed by atoms with Crippen molar-refractivity contribution in [3.05, 3.63) is 106 Å². The number of piperidine rings is 1. The largest absolute Gasteiger partial charge is 0.390 e. The maximum atomic E-state index is 14.8. The highest BCUT2D eigenvalue weighted by Gasteiger charge is 2.50. The third-order valence-electron chi connectivity index (χ3n) is 17.3. The number of hydrogen-bond acceptors (Lipinski definition) is 14. The number of ether oxygens (including phenoxy) is 2. The van der Waals surface area contributed by atoms with Gasteiger partial charge in [0.05, 0.1) is 64.3 Å². The average molecular weight is 1030 g/mol. The van der Waals surface area contributed by atoms with Crippen LogP contribution in [-0.4, -0.2) is 123 Å². The van der Waals surface area contributed by atoms with E-state index in [9.17, 15) is 28.4 Å². The fourth-order valence-corrected chi connectivity index (χ4v) is 13.9. The molecule has 18 heteroatoms. The number of hydrogen-bond donors (Lipinski definition) is 4. The van der Waals surface area contributed by atoms with Crippen LogP contribution in [0.4, 0.5) is 34.3 Å². The molecule has 11 rings (SSSR count). The van der Waals surface area contributed by atoms with Crippen LogP contribution in [0.15, 0.2) is 83.9 Å². The predicted molar refractivity (Wildman–Crippen MR) is 287 cm³/mol. The summed E-state index contributed by atoms with van der Waals surface area (Å²) in [7, 11) is -4.61. The van der Waals surface area contributed by atoms with E-state index < -0.39 is 37.0 Å². The van der Waals surface area contributed by atoms with Crippen LogP contribution in [0.3, 0.4) is 0 Å². The number of sulfonamides is 1. The standard InChI is InChI=1S/C56H71N9O8S/c1-37(2)44-7-4-5-8-45(44)51-36-73-28-26-62(51)42-32-56(33-42)19-24-61(25-20-56)40-9-11-46(48(30-40)64-23-16-41-35-72-27-6-22-63(41)53-50(64)29-39-15-21-57-52(39)59-53)54(66)60-74(70,71)43-10-12-47(49(31-43)65(68)69)58-34-38-13-17-55(3,67)18-14-38/h4-5,7-12,15,21,29-31,37-38,41-42,51,58,67H,6,13-14,16-20,22-28,32-36H2,1-3H3,(H,57,59)(H,60,66)/t38-,41-,51-,55-/m0/s1. The van der Waals surface area contributed by atoms with Gasteiger partial charge in [0.2, 0.25) is 0 Å². The lowest BCUT2D eigenvalue weighted by Crippen LogP contribution is -2.58. The number of benzene rings is 3. The Hall–Kier alpha value is -5.79. The first kappa shape index (κ1) is 50.4. The van der Waals surface area contributed by atoms with Gasteiger partial charge in [-0.25, -0.2) is 18.1 Å². The molecule has 4 N–H and O–H groups in total. The molecule has 3 saturated heterocycles. The van der Waals surface area contributed by atoms with E-state index in [0.29, 0.717) is 69.8 Å². The topological polar surface area (TPSA) is 199 Å². The first-order valence-electron chi connectivity index (χ1n) is 26.9. The summed E-state index contributed by atoms with van der Waals surface area (Å²) in [5.74, 6) is 0.554. The minimum atomic E-state index is -4.61. The summed E-state index contributed by atoms with van der Waals surface area (Å²) in [4.78, 5) is 44.2. The van der Waals surface area contributed by atoms with Crippen LogP contribution in [0, 0.1) is 21.4 Å². The Balaban J connectivity index is 0.869. The summed E-state index contributed by atoms with van der Waals surface area (Å²) in [5.41, 5.74) is 5.30. The molecule has 6 aliphatic rings. The first-order valence-corrected chi connectivity index (χ1v) is 28.4. The van der Waals surface area contributed by atoms with Crippen LogP contribution in [0.5, 0.6) is 0 Å². The van der Waals surface area contributed by atoms with Gasteiger partial charge in [-0.1, -0.05) is 38.1 Å². The molecule has 1 amide bonds. The molecule has 5 fully saturated rings. The Labute approximate surface area is 434 Å². The molecule has 5 aromatic rings. The summed E-state index contributed by atoms with van der Waals surface area (Å²) in [6.07, 6.45) is 10.6. The summed E-state index contributed by atoms with van der Waals surface area (Å²) < 4.78 is 43.0. The molecule has 0 radical (unpaired) electrons. The van der Waals surface area contributed by atoms with Crippen molar-refractivity contribution in [3.8, 4) is 0 Å². The number of morpholine rings is 1. The first-order chi connectivity index (χ1) is 35.6. The van der Waals surface area contributed by atoms with Crippen LogP contribution in [0.1, 0.15) is 118 Å². The molecule has 0 unspecified atom stereocenters. The van der Waals surface area contributed by atoms with Crippen LogP contribution >= 0.6 is 0 Å². The van der Waals surface area contributed by atoms with Crippen molar-refractivity contribution in [2.24, 2.45) is 11.3 Å². The monoisotopic (exact) mass is 1030 g/mol. The number of amides is 1. The minimum absolute atomic E-state index is 0.0246. The van der Waals surface area contributed by atoms with E-state index in [-0.39, 0.29) is 34.7 Å². The zero-order valence-corrected chi connectivity index (χ0v) is 43.7. The van der Waals surface area contributed by atoms with Crippen molar-refractivity contribution in [1.82, 2.24) is 19.6 Å². The molecule has 74 heavy (non-hydrogen) atoms. The number of nitrogens with zero attached hydrogens (tertiary/aromatic N) is 6. The molecule has 1 spiro atoms. The van der Waals surface area contributed by atoms with Crippen molar-refractivity contribution in [2.75, 3.05) is 85.7 Å². The number of aliphatic hydroxyl groups is 1. The van der Waals surface area contributed by atoms with Gasteiger partial charge in [0.1, 0.15) is 11.3 Å². The number of carbonyl (C=O) groups is 1. The summed E-state index contributed by atoms with van der Waals surface area (Å²) >= 11 is 0. The number of nitrogens with one attached hydrogen (secondary N) is 3. The third kappa shape index (κ3) is 10.1. The van der Waals surface area contributed by atoms with Gasteiger partial charge < -0.3 is 39.6 Å². The molecule has 394 valence electrons. The molecule has 17 nitrogen and oxygen atoms in total. The highest BCUT2D eigenvalue weighted by atomic mass is 32.2. The van der Waals surface area contributed by atoms with Crippen molar-refractivity contribution in [1.29, 1.82) is 0 Å². The number of nitro groups is 1. The quantitative estimate of drug-likeness (QED) is 0.0682. The molecule has 3 aromatic carbocycles. The number of fused-ring (bicyclic) bond motifs is 4. The SMILES string of the molecule is CC(C)c1ccccc1[C@@H]1COCCN1C1CC2(CCN(c3ccc(C(=O)NS(=O)(=O)c4ccc(NC[C@H]5CC[C@](C)(O)CC5)c([N+](=O)[O-])c4)c(N4CC[C@H]5COCCCN5c5nc6[nH]ccc6cc54)c3)CC2)C1. The van der Waals surface area contributed by atoms with Gasteiger partial charge in [-0.3, -0.25) is 19.8 Å². The zero-order chi connectivity index (χ0) is 51.4. The van der Waals surface area contributed by atoms with Crippen molar-refractivity contribution < 1.29 is 32.7 Å². The Kier molecular flexibility index (Phi) is 13.9. The normalized spacial score (nSPS) is 24.7. The highest BCUT2D eigenvalue weighted by Crippen LogP contribution is 2.54. The van der Waals surface area contributed by atoms with E-state index in [1.807, 2.05) is 31.3 Å². The van der Waals surface area contributed by atoms with Gasteiger partial charge in [0.25, 0.3) is 21.6 Å². The van der Waals surface area contributed by atoms with E-state index in [1.54, 1.807) is 6.07 Å². The lowest BCUT2D eigenvalue weighted by atomic mass is 9.59. The van der Waals surface area contributed by atoms with Crippen LogP contribution in [-0.2, 0) is 19.5 Å². The molecular weight excluding hydrogens is 959 g/mol.